The molecule has 0 radical (unpaired) electrons. The predicted octanol–water partition coefficient (Wildman–Crippen LogP) is 0.193. The smallest absolute Gasteiger partial charge is 0.326 e. The number of carboxylic acid groups (broad SMARTS) is 1. The van der Waals surface area contributed by atoms with Crippen molar-refractivity contribution < 1.29 is 28.6 Å². The van der Waals surface area contributed by atoms with Crippen molar-refractivity contribution in [2.45, 2.75) is 68.8 Å². The number of amides is 1. The number of carboxylic acids is 1. The van der Waals surface area contributed by atoms with Crippen LogP contribution in [-0.4, -0.2) is 73.5 Å². The van der Waals surface area contributed by atoms with E-state index in [0.717, 1.165) is 12.0 Å². The summed E-state index contributed by atoms with van der Waals surface area (Å²) in [5.74, 6) is -1.39. The quantitative estimate of drug-likeness (QED) is 0.170. The third-order valence-corrected chi connectivity index (χ3v) is 8.25. The lowest BCUT2D eigenvalue weighted by atomic mass is 9.91. The molecule has 1 amide bonds. The third-order valence-electron chi connectivity index (χ3n) is 6.73. The first-order chi connectivity index (χ1) is 16.5. The summed E-state index contributed by atoms with van der Waals surface area (Å²) in [6.45, 7) is 5.10. The predicted molar refractivity (Wildman–Crippen MR) is 137 cm³/mol. The monoisotopic (exact) mass is 526 g/mol. The van der Waals surface area contributed by atoms with Crippen LogP contribution >= 0.6 is 0 Å². The summed E-state index contributed by atoms with van der Waals surface area (Å²) in [5.41, 5.74) is 12.2. The van der Waals surface area contributed by atoms with Crippen molar-refractivity contribution in [3.63, 3.8) is 0 Å². The number of hydrogen-bond acceptors (Lipinski definition) is 6. The highest BCUT2D eigenvalue weighted by molar-refractivity contribution is 7.89. The van der Waals surface area contributed by atoms with Crippen LogP contribution in [0.3, 0.4) is 0 Å². The number of nitrogens with two attached hydrogens (primary N) is 2. The Morgan fingerprint density at radius 2 is 2.00 bits per heavy atom. The highest BCUT2D eigenvalue weighted by Gasteiger charge is 2.39. The lowest BCUT2D eigenvalue weighted by Gasteiger charge is -2.38. The minimum Gasteiger partial charge on any atom is -0.480 e. The first kappa shape index (κ1) is 29.3. The summed E-state index contributed by atoms with van der Waals surface area (Å²) in [5, 5.41) is 12.9. The number of hydrogen-bond donors (Lipinski definition) is 5. The number of aliphatic carboxylic acids is 1. The summed E-state index contributed by atoms with van der Waals surface area (Å²) >= 11 is 0. The van der Waals surface area contributed by atoms with E-state index >= 15 is 0 Å². The van der Waals surface area contributed by atoms with Crippen LogP contribution in [0.1, 0.15) is 57.4 Å². The van der Waals surface area contributed by atoms with Gasteiger partial charge < -0.3 is 32.3 Å². The van der Waals surface area contributed by atoms with Crippen LogP contribution in [0.4, 0.5) is 5.69 Å². The molecule has 3 rings (SSSR count). The van der Waals surface area contributed by atoms with Gasteiger partial charge in [0.25, 0.3) is 0 Å². The molecule has 0 saturated carbocycles. The van der Waals surface area contributed by atoms with Crippen LogP contribution in [0.2, 0.25) is 0 Å². The number of carbonyl (C=O) groups is 2. The molecule has 202 valence electrons. The van der Waals surface area contributed by atoms with Gasteiger partial charge >= 0.3 is 5.97 Å². The van der Waals surface area contributed by atoms with Crippen LogP contribution in [0.15, 0.2) is 28.1 Å². The largest absolute Gasteiger partial charge is 0.480 e. The van der Waals surface area contributed by atoms with Crippen LogP contribution in [-0.2, 0) is 19.6 Å². The summed E-state index contributed by atoms with van der Waals surface area (Å²) in [7, 11) is -4.10. The van der Waals surface area contributed by atoms with Crippen molar-refractivity contribution >= 4 is 33.5 Å². The van der Waals surface area contributed by atoms with Crippen molar-refractivity contribution in [3.05, 3.63) is 23.8 Å². The third kappa shape index (κ3) is 6.86. The first-order valence-corrected chi connectivity index (χ1v) is 13.5. The Morgan fingerprint density at radius 1 is 1.28 bits per heavy atom. The van der Waals surface area contributed by atoms with Crippen molar-refractivity contribution in [1.82, 2.24) is 9.62 Å². The molecule has 2 aliphatic rings. The van der Waals surface area contributed by atoms with Gasteiger partial charge in [-0.2, -0.15) is 4.72 Å². The average Bonchev–Trinajstić information content (AvgIpc) is 2.80. The Balaban J connectivity index is 0.00000456. The number of para-hydroxylation sites is 1. The van der Waals surface area contributed by atoms with Gasteiger partial charge in [0.05, 0.1) is 5.69 Å². The molecule has 1 fully saturated rings. The van der Waals surface area contributed by atoms with Crippen LogP contribution < -0.4 is 21.5 Å². The normalized spacial score (nSPS) is 22.4. The molecule has 0 spiro atoms. The number of fused-ring (bicyclic) bond motifs is 1. The van der Waals surface area contributed by atoms with E-state index in [1.807, 2.05) is 19.9 Å². The number of nitrogens with zero attached hydrogens (tertiary/aromatic N) is 2. The van der Waals surface area contributed by atoms with Crippen molar-refractivity contribution in [2.24, 2.45) is 22.4 Å². The van der Waals surface area contributed by atoms with Crippen molar-refractivity contribution in [3.8, 4) is 0 Å². The van der Waals surface area contributed by atoms with Gasteiger partial charge in [-0.25, -0.2) is 13.2 Å². The summed E-state index contributed by atoms with van der Waals surface area (Å²) in [6.07, 6.45) is 2.31. The molecule has 0 aromatic heterocycles. The van der Waals surface area contributed by atoms with E-state index in [1.54, 1.807) is 6.07 Å². The van der Waals surface area contributed by atoms with E-state index in [2.05, 4.69) is 15.0 Å². The fourth-order valence-corrected chi connectivity index (χ4v) is 6.20. The van der Waals surface area contributed by atoms with E-state index in [0.29, 0.717) is 31.5 Å². The fourth-order valence-electron chi connectivity index (χ4n) is 4.77. The first-order valence-electron chi connectivity index (χ1n) is 12.0. The van der Waals surface area contributed by atoms with E-state index in [1.165, 1.54) is 11.0 Å². The Kier molecular flexibility index (Phi) is 10.1. The molecule has 1 saturated heterocycles. The molecule has 0 unspecified atom stereocenters. The van der Waals surface area contributed by atoms with Gasteiger partial charge in [-0.3, -0.25) is 9.79 Å². The molecule has 2 heterocycles. The molecule has 9 N–H and O–H groups in total. The van der Waals surface area contributed by atoms with E-state index < -0.39 is 34.0 Å². The van der Waals surface area contributed by atoms with Gasteiger partial charge in [-0.05, 0) is 55.6 Å². The van der Waals surface area contributed by atoms with Gasteiger partial charge in [0.15, 0.2) is 5.96 Å². The number of nitrogens with one attached hydrogen (secondary N) is 2. The second kappa shape index (κ2) is 12.4. The number of rotatable bonds is 9. The van der Waals surface area contributed by atoms with Crippen molar-refractivity contribution in [2.75, 3.05) is 25.0 Å². The lowest BCUT2D eigenvalue weighted by molar-refractivity contribution is -0.153. The minimum atomic E-state index is -4.10. The number of carbonyl (C=O) groups excluding carboxylic acids is 1. The zero-order chi connectivity index (χ0) is 25.8. The van der Waals surface area contributed by atoms with Gasteiger partial charge in [-0.15, -0.1) is 0 Å². The molecule has 0 aliphatic carbocycles. The molecule has 12 nitrogen and oxygen atoms in total. The summed E-state index contributed by atoms with van der Waals surface area (Å²) in [4.78, 5) is 30.7. The number of anilines is 1. The van der Waals surface area contributed by atoms with Gasteiger partial charge in [0, 0.05) is 19.6 Å². The maximum atomic E-state index is 13.5. The molecule has 1 aromatic rings. The summed E-state index contributed by atoms with van der Waals surface area (Å²) < 4.78 is 29.6. The minimum absolute atomic E-state index is 0. The molecular weight excluding hydrogens is 488 g/mol. The molecule has 2 aliphatic heterocycles. The number of likely N-dealkylation sites (tertiary alicyclic amines) is 1. The Labute approximate surface area is 211 Å². The number of guanidine groups is 1. The standard InChI is InChI=1S/C23H36N6O5S.H2O/c1-14-9-12-29(18(13-14)22(31)32)21(30)17(6-4-10-27-23(24)25)28-35(33,34)19-7-3-5-16-15(2)8-11-26-20(16)19;/h3,5,7,14-15,17-18,26,28H,4,6,8-13H2,1-2H3,(H,31,32)(H4,24,25,27);1H2/t14-,15-,17+,18-;/m1./s1. The second-order valence-electron chi connectivity index (χ2n) is 9.47. The highest BCUT2D eigenvalue weighted by Crippen LogP contribution is 2.36. The second-order valence-corrected chi connectivity index (χ2v) is 11.2. The van der Waals surface area contributed by atoms with E-state index in [-0.39, 0.29) is 47.7 Å². The molecular formula is C23H38N6O6S. The Hall–Kier alpha value is -2.90. The lowest BCUT2D eigenvalue weighted by Crippen LogP contribution is -2.56. The average molecular weight is 527 g/mol. The molecule has 4 atom stereocenters. The number of aliphatic imine (C=N–C) groups is 1. The topological polar surface area (TPSA) is 212 Å². The molecule has 13 heteroatoms. The van der Waals surface area contributed by atoms with Crippen LogP contribution in [0, 0.1) is 5.92 Å². The zero-order valence-electron chi connectivity index (χ0n) is 20.7. The van der Waals surface area contributed by atoms with E-state index in [4.69, 9.17) is 11.5 Å². The zero-order valence-corrected chi connectivity index (χ0v) is 21.6. The highest BCUT2D eigenvalue weighted by atomic mass is 32.2. The molecule has 1 aromatic carbocycles. The van der Waals surface area contributed by atoms with Gasteiger partial charge in [0.1, 0.15) is 17.0 Å². The molecule has 0 bridgehead atoms. The number of piperidine rings is 1. The number of benzene rings is 1. The van der Waals surface area contributed by atoms with E-state index in [9.17, 15) is 23.1 Å². The summed E-state index contributed by atoms with van der Waals surface area (Å²) in [6, 6.07) is 2.95. The number of sulfonamides is 1. The Bertz CT molecular complexity index is 1070. The van der Waals surface area contributed by atoms with Crippen LogP contribution in [0.25, 0.3) is 0 Å². The maximum absolute atomic E-state index is 13.5. The maximum Gasteiger partial charge on any atom is 0.326 e. The van der Waals surface area contributed by atoms with Crippen molar-refractivity contribution in [1.29, 1.82) is 0 Å². The fraction of sp³-hybridized carbons (Fsp3) is 0.609. The molecule has 36 heavy (non-hydrogen) atoms. The van der Waals surface area contributed by atoms with Gasteiger partial charge in [0.2, 0.25) is 15.9 Å². The Morgan fingerprint density at radius 3 is 2.67 bits per heavy atom. The van der Waals surface area contributed by atoms with Gasteiger partial charge in [-0.1, -0.05) is 26.0 Å². The SMILES string of the molecule is C[C@@H]1CCN(C(=O)[C@H](CCCN=C(N)N)NS(=O)(=O)c2cccc3c2NCC[C@H]3C)[C@@H](C(=O)O)C1.O. The van der Waals surface area contributed by atoms with Crippen LogP contribution in [0.5, 0.6) is 0 Å².